The summed E-state index contributed by atoms with van der Waals surface area (Å²) < 4.78 is 0. The molecule has 6 heteroatoms. The number of nitrogens with zero attached hydrogens (tertiary/aromatic N) is 2. The smallest absolute Gasteiger partial charge is 0.293 e. The van der Waals surface area contributed by atoms with E-state index in [1.165, 1.54) is 4.90 Å². The molecule has 0 aliphatic carbocycles. The molecule has 0 unspecified atom stereocenters. The van der Waals surface area contributed by atoms with Crippen molar-refractivity contribution in [3.63, 3.8) is 0 Å². The maximum absolute atomic E-state index is 12.2. The van der Waals surface area contributed by atoms with E-state index in [1.807, 2.05) is 30.3 Å². The second-order valence-corrected chi connectivity index (χ2v) is 5.54. The molecule has 106 valence electrons. The molecule has 1 aromatic carbocycles. The summed E-state index contributed by atoms with van der Waals surface area (Å²) in [6.45, 7) is 0.511. The highest BCUT2D eigenvalue weighted by molar-refractivity contribution is 8.18. The Balaban J connectivity index is 2.01. The summed E-state index contributed by atoms with van der Waals surface area (Å²) in [5, 5.41) is 0.720. The average Bonchev–Trinajstić information content (AvgIpc) is 2.76. The van der Waals surface area contributed by atoms with Gasteiger partial charge < -0.3 is 5.73 Å². The Kier molecular flexibility index (Phi) is 3.72. The Bertz CT molecular complexity index is 752. The van der Waals surface area contributed by atoms with Crippen LogP contribution in [-0.4, -0.2) is 34.1 Å². The van der Waals surface area contributed by atoms with Crippen LogP contribution in [0, 0.1) is 0 Å². The fourth-order valence-corrected chi connectivity index (χ4v) is 3.06. The first kappa shape index (κ1) is 13.8. The van der Waals surface area contributed by atoms with Crippen LogP contribution in [0.2, 0.25) is 0 Å². The van der Waals surface area contributed by atoms with Gasteiger partial charge in [0, 0.05) is 30.2 Å². The number of amides is 2. The first-order valence-corrected chi connectivity index (χ1v) is 7.31. The molecule has 2 N–H and O–H groups in total. The molecular formula is C15H13N3O2S. The number of hydrogen-bond acceptors (Lipinski definition) is 5. The maximum Gasteiger partial charge on any atom is 0.293 e. The van der Waals surface area contributed by atoms with E-state index in [1.54, 1.807) is 12.3 Å². The van der Waals surface area contributed by atoms with Crippen molar-refractivity contribution in [2.24, 2.45) is 5.73 Å². The van der Waals surface area contributed by atoms with Crippen molar-refractivity contribution >= 4 is 39.9 Å². The molecule has 1 fully saturated rings. The van der Waals surface area contributed by atoms with Crippen molar-refractivity contribution in [1.82, 2.24) is 9.88 Å². The number of thioether (sulfide) groups is 1. The zero-order valence-corrected chi connectivity index (χ0v) is 12.0. The number of nitrogens with two attached hydrogens (primary N) is 1. The molecule has 0 radical (unpaired) electrons. The molecule has 3 rings (SSSR count). The van der Waals surface area contributed by atoms with Crippen LogP contribution < -0.4 is 5.73 Å². The van der Waals surface area contributed by atoms with Crippen LogP contribution in [0.3, 0.4) is 0 Å². The SMILES string of the molecule is NCCN1C(=O)SC(=Cc2cccc3cccnc23)C1=O. The van der Waals surface area contributed by atoms with Gasteiger partial charge in [-0.2, -0.15) is 0 Å². The van der Waals surface area contributed by atoms with Crippen molar-refractivity contribution in [2.45, 2.75) is 0 Å². The largest absolute Gasteiger partial charge is 0.329 e. The third-order valence-electron chi connectivity index (χ3n) is 3.18. The van der Waals surface area contributed by atoms with Gasteiger partial charge in [0.2, 0.25) is 0 Å². The standard InChI is InChI=1S/C15H13N3O2S/c16-6-8-18-14(19)12(21-15(18)20)9-11-4-1-3-10-5-2-7-17-13(10)11/h1-5,7,9H,6,8,16H2. The lowest BCUT2D eigenvalue weighted by atomic mass is 10.1. The number of rotatable bonds is 3. The second kappa shape index (κ2) is 5.67. The van der Waals surface area contributed by atoms with Gasteiger partial charge >= 0.3 is 0 Å². The fourth-order valence-electron chi connectivity index (χ4n) is 2.21. The van der Waals surface area contributed by atoms with E-state index < -0.39 is 0 Å². The lowest BCUT2D eigenvalue weighted by Crippen LogP contribution is -2.33. The monoisotopic (exact) mass is 299 g/mol. The number of benzene rings is 1. The zero-order valence-electron chi connectivity index (χ0n) is 11.2. The molecule has 0 spiro atoms. The summed E-state index contributed by atoms with van der Waals surface area (Å²) in [6.07, 6.45) is 3.43. The molecule has 1 aliphatic heterocycles. The summed E-state index contributed by atoms with van der Waals surface area (Å²) in [7, 11) is 0. The molecule has 21 heavy (non-hydrogen) atoms. The molecule has 0 bridgehead atoms. The van der Waals surface area contributed by atoms with E-state index in [9.17, 15) is 9.59 Å². The summed E-state index contributed by atoms with van der Waals surface area (Å²) in [5.41, 5.74) is 7.06. The van der Waals surface area contributed by atoms with Crippen molar-refractivity contribution < 1.29 is 9.59 Å². The third kappa shape index (κ3) is 2.55. The summed E-state index contributed by atoms with van der Waals surface area (Å²) in [5.74, 6) is -0.289. The second-order valence-electron chi connectivity index (χ2n) is 4.54. The van der Waals surface area contributed by atoms with Crippen LogP contribution in [0.1, 0.15) is 5.56 Å². The average molecular weight is 299 g/mol. The number of para-hydroxylation sites is 1. The van der Waals surface area contributed by atoms with Gasteiger partial charge in [0.25, 0.3) is 11.1 Å². The third-order valence-corrected chi connectivity index (χ3v) is 4.08. The number of aromatic nitrogens is 1. The van der Waals surface area contributed by atoms with Crippen LogP contribution >= 0.6 is 11.8 Å². The van der Waals surface area contributed by atoms with Crippen LogP contribution in [0.15, 0.2) is 41.4 Å². The Morgan fingerprint density at radius 1 is 1.24 bits per heavy atom. The van der Waals surface area contributed by atoms with Crippen LogP contribution in [0.4, 0.5) is 4.79 Å². The summed E-state index contributed by atoms with van der Waals surface area (Å²) >= 11 is 0.940. The normalized spacial score (nSPS) is 17.2. The number of carbonyl (C=O) groups excluding carboxylic acids is 2. The van der Waals surface area contributed by atoms with Gasteiger partial charge in [0.1, 0.15) is 0 Å². The highest BCUT2D eigenvalue weighted by atomic mass is 32.2. The van der Waals surface area contributed by atoms with Gasteiger partial charge in [-0.05, 0) is 23.9 Å². The minimum absolute atomic E-state index is 0.246. The van der Waals surface area contributed by atoms with Gasteiger partial charge in [0.05, 0.1) is 10.4 Å². The van der Waals surface area contributed by atoms with Gasteiger partial charge in [-0.25, -0.2) is 0 Å². The van der Waals surface area contributed by atoms with Crippen molar-refractivity contribution in [2.75, 3.05) is 13.1 Å². The zero-order chi connectivity index (χ0) is 14.8. The number of carbonyl (C=O) groups is 2. The molecule has 2 heterocycles. The fraction of sp³-hybridized carbons (Fsp3) is 0.133. The predicted octanol–water partition coefficient (Wildman–Crippen LogP) is 2.23. The Labute approximate surface area is 125 Å². The topological polar surface area (TPSA) is 76.3 Å². The quantitative estimate of drug-likeness (QED) is 0.880. The molecule has 2 amide bonds. The summed E-state index contributed by atoms with van der Waals surface area (Å²) in [4.78, 5) is 29.9. The molecule has 2 aromatic rings. The molecule has 1 aliphatic rings. The first-order valence-electron chi connectivity index (χ1n) is 6.50. The molecule has 5 nitrogen and oxygen atoms in total. The Hall–Kier alpha value is -2.18. The predicted molar refractivity (Wildman–Crippen MR) is 83.5 cm³/mol. The van der Waals surface area contributed by atoms with E-state index in [0.29, 0.717) is 4.91 Å². The van der Waals surface area contributed by atoms with E-state index in [2.05, 4.69) is 4.98 Å². The van der Waals surface area contributed by atoms with E-state index >= 15 is 0 Å². The van der Waals surface area contributed by atoms with Gasteiger partial charge in [-0.1, -0.05) is 24.3 Å². The molecule has 1 aromatic heterocycles. The molecular weight excluding hydrogens is 286 g/mol. The van der Waals surface area contributed by atoms with Crippen LogP contribution in [0.25, 0.3) is 17.0 Å². The van der Waals surface area contributed by atoms with E-state index in [0.717, 1.165) is 28.2 Å². The lowest BCUT2D eigenvalue weighted by molar-refractivity contribution is -0.122. The Morgan fingerprint density at radius 3 is 2.86 bits per heavy atom. The Morgan fingerprint density at radius 2 is 2.05 bits per heavy atom. The molecule has 0 saturated carbocycles. The summed E-state index contributed by atoms with van der Waals surface area (Å²) in [6, 6.07) is 9.56. The number of hydrogen-bond donors (Lipinski definition) is 1. The van der Waals surface area contributed by atoms with E-state index in [-0.39, 0.29) is 24.2 Å². The molecule has 0 atom stereocenters. The lowest BCUT2D eigenvalue weighted by Gasteiger charge is -2.09. The van der Waals surface area contributed by atoms with Crippen molar-refractivity contribution in [3.8, 4) is 0 Å². The first-order chi connectivity index (χ1) is 10.2. The minimum atomic E-state index is -0.289. The number of imide groups is 1. The number of pyridine rings is 1. The van der Waals surface area contributed by atoms with Crippen molar-refractivity contribution in [1.29, 1.82) is 0 Å². The molecule has 1 saturated heterocycles. The van der Waals surface area contributed by atoms with Gasteiger partial charge in [-0.3, -0.25) is 19.5 Å². The maximum atomic E-state index is 12.2. The van der Waals surface area contributed by atoms with Crippen LogP contribution in [-0.2, 0) is 4.79 Å². The highest BCUT2D eigenvalue weighted by Gasteiger charge is 2.34. The van der Waals surface area contributed by atoms with Crippen LogP contribution in [0.5, 0.6) is 0 Å². The highest BCUT2D eigenvalue weighted by Crippen LogP contribution is 2.32. The van der Waals surface area contributed by atoms with E-state index in [4.69, 9.17) is 5.73 Å². The van der Waals surface area contributed by atoms with Gasteiger partial charge in [0.15, 0.2) is 0 Å². The van der Waals surface area contributed by atoms with Crippen molar-refractivity contribution in [3.05, 3.63) is 47.0 Å². The number of fused-ring (bicyclic) bond motifs is 1. The van der Waals surface area contributed by atoms with Gasteiger partial charge in [-0.15, -0.1) is 0 Å². The minimum Gasteiger partial charge on any atom is -0.329 e.